The number of hydrogen-bond acceptors (Lipinski definition) is 4. The molecule has 4 nitrogen and oxygen atoms in total. The van der Waals surface area contributed by atoms with E-state index < -0.39 is 10.6 Å². The van der Waals surface area contributed by atoms with E-state index in [0.29, 0.717) is 24.6 Å². The first-order valence-electron chi connectivity index (χ1n) is 2.83. The Hall–Kier alpha value is 0.190. The zero-order valence-corrected chi connectivity index (χ0v) is 5.97. The van der Waals surface area contributed by atoms with Crippen LogP contribution < -0.4 is 5.84 Å². The zero-order valence-electron chi connectivity index (χ0n) is 5.16. The molecule has 56 valence electrons. The third-order valence-corrected chi connectivity index (χ3v) is 3.08. The van der Waals surface area contributed by atoms with Gasteiger partial charge in [-0.3, -0.25) is 14.9 Å². The molecule has 1 saturated heterocycles. The molecular weight excluding hydrogens is 140 g/mol. The number of rotatable bonds is 0. The number of nitrogens with zero attached hydrogens (tertiary/aromatic N) is 1. The van der Waals surface area contributed by atoms with Gasteiger partial charge in [0.15, 0.2) is 0 Å². The summed E-state index contributed by atoms with van der Waals surface area (Å²) in [6.45, 7) is 1.20. The van der Waals surface area contributed by atoms with Gasteiger partial charge >= 0.3 is 0 Å². The lowest BCUT2D eigenvalue weighted by atomic mass is 10.6. The van der Waals surface area contributed by atoms with Crippen LogP contribution in [0.4, 0.5) is 0 Å². The van der Waals surface area contributed by atoms with Crippen molar-refractivity contribution in [3.63, 3.8) is 0 Å². The Morgan fingerprint density at radius 1 is 1.22 bits per heavy atom. The molecule has 9 heavy (non-hydrogen) atoms. The second kappa shape index (κ2) is 2.43. The largest absolute Gasteiger partial charge is 0.299 e. The van der Waals surface area contributed by atoms with Crippen LogP contribution in [0.2, 0.25) is 0 Å². The molecule has 0 amide bonds. The van der Waals surface area contributed by atoms with Crippen LogP contribution in [0.25, 0.3) is 0 Å². The van der Waals surface area contributed by atoms with Gasteiger partial charge in [-0.1, -0.05) is 0 Å². The van der Waals surface area contributed by atoms with Gasteiger partial charge in [-0.2, -0.15) is 10.6 Å². The predicted octanol–water partition coefficient (Wildman–Crippen LogP) is -0.0737. The summed E-state index contributed by atoms with van der Waals surface area (Å²) in [5.74, 6) is 6.25. The summed E-state index contributed by atoms with van der Waals surface area (Å²) in [4.78, 5) is 0. The van der Waals surface area contributed by atoms with Crippen LogP contribution in [-0.4, -0.2) is 38.7 Å². The fourth-order valence-electron chi connectivity index (χ4n) is 0.741. The van der Waals surface area contributed by atoms with Gasteiger partial charge in [0.05, 0.1) is 11.5 Å². The van der Waals surface area contributed by atoms with Crippen molar-refractivity contribution in [2.75, 3.05) is 24.6 Å². The Kier molecular flexibility index (Phi) is 1.97. The predicted molar refractivity (Wildman–Crippen MR) is 38.3 cm³/mol. The summed E-state index contributed by atoms with van der Waals surface area (Å²) < 4.78 is 18.1. The van der Waals surface area contributed by atoms with Crippen LogP contribution >= 0.6 is 10.6 Å². The Morgan fingerprint density at radius 2 is 1.67 bits per heavy atom. The van der Waals surface area contributed by atoms with Crippen molar-refractivity contribution in [2.45, 2.75) is 0 Å². The fraction of sp³-hybridized carbons (Fsp3) is 1.00. The minimum absolute atomic E-state index is 0.434. The second-order valence-electron chi connectivity index (χ2n) is 2.25. The third kappa shape index (κ3) is 2.11. The summed E-state index contributed by atoms with van der Waals surface area (Å²) in [5, 5.41) is 1.61. The molecule has 0 aromatic heterocycles. The number of hydrogen-bond donors (Lipinski definition) is 3. The van der Waals surface area contributed by atoms with E-state index >= 15 is 0 Å². The average Bonchev–Trinajstić information content (AvgIpc) is 1.78. The van der Waals surface area contributed by atoms with E-state index in [1.54, 1.807) is 5.01 Å². The maximum absolute atomic E-state index is 9.05. The molecule has 0 unspecified atom stereocenters. The molecule has 0 aliphatic carbocycles. The van der Waals surface area contributed by atoms with E-state index in [4.69, 9.17) is 14.9 Å². The van der Waals surface area contributed by atoms with Crippen molar-refractivity contribution in [3.05, 3.63) is 0 Å². The number of hydrazine groups is 1. The quantitative estimate of drug-likeness (QED) is 0.425. The van der Waals surface area contributed by atoms with Crippen molar-refractivity contribution in [2.24, 2.45) is 5.84 Å². The van der Waals surface area contributed by atoms with Crippen LogP contribution in [0.3, 0.4) is 0 Å². The topological polar surface area (TPSA) is 69.7 Å². The highest BCUT2D eigenvalue weighted by atomic mass is 32.3. The van der Waals surface area contributed by atoms with E-state index in [2.05, 4.69) is 0 Å². The molecule has 4 N–H and O–H groups in total. The Bertz CT molecular complexity index is 98.7. The molecule has 0 bridgehead atoms. The van der Waals surface area contributed by atoms with Gasteiger partial charge < -0.3 is 0 Å². The first-order valence-corrected chi connectivity index (χ1v) is 4.72. The lowest BCUT2D eigenvalue weighted by Gasteiger charge is -2.39. The smallest absolute Gasteiger partial charge is 0.0516 e. The third-order valence-electron chi connectivity index (χ3n) is 1.41. The van der Waals surface area contributed by atoms with Crippen LogP contribution in [0.15, 0.2) is 0 Å². The van der Waals surface area contributed by atoms with Gasteiger partial charge in [0, 0.05) is 13.1 Å². The molecule has 5 heteroatoms. The highest BCUT2D eigenvalue weighted by Gasteiger charge is 2.19. The Morgan fingerprint density at radius 3 is 2.00 bits per heavy atom. The van der Waals surface area contributed by atoms with Gasteiger partial charge in [-0.25, -0.2) is 5.01 Å². The maximum Gasteiger partial charge on any atom is 0.0516 e. The summed E-state index contributed by atoms with van der Waals surface area (Å²) in [6.07, 6.45) is 0. The molecule has 1 rings (SSSR count). The lowest BCUT2D eigenvalue weighted by Crippen LogP contribution is -2.42. The summed E-state index contributed by atoms with van der Waals surface area (Å²) in [5.41, 5.74) is 0. The molecule has 1 fully saturated rings. The standard InChI is InChI=1S/C4H12N2O2S/c5-6-1-3-9(7,8)4-2-6/h7-8H,1-5H2. The molecule has 0 spiro atoms. The van der Waals surface area contributed by atoms with E-state index in [-0.39, 0.29) is 0 Å². The Balaban J connectivity index is 2.35. The summed E-state index contributed by atoms with van der Waals surface area (Å²) in [6, 6.07) is 0. The van der Waals surface area contributed by atoms with Crippen molar-refractivity contribution in [1.82, 2.24) is 5.01 Å². The number of nitrogens with two attached hydrogens (primary N) is 1. The van der Waals surface area contributed by atoms with Gasteiger partial charge in [-0.05, 0) is 0 Å². The minimum atomic E-state index is -2.24. The normalized spacial score (nSPS) is 31.9. The van der Waals surface area contributed by atoms with Crippen LogP contribution in [0.5, 0.6) is 0 Å². The monoisotopic (exact) mass is 152 g/mol. The summed E-state index contributed by atoms with van der Waals surface area (Å²) in [7, 11) is -2.24. The van der Waals surface area contributed by atoms with Crippen LogP contribution in [-0.2, 0) is 0 Å². The minimum Gasteiger partial charge on any atom is -0.299 e. The molecule has 0 atom stereocenters. The van der Waals surface area contributed by atoms with Crippen molar-refractivity contribution < 1.29 is 9.11 Å². The van der Waals surface area contributed by atoms with E-state index in [1.165, 1.54) is 0 Å². The molecule has 0 aromatic carbocycles. The molecule has 1 heterocycles. The van der Waals surface area contributed by atoms with E-state index in [0.717, 1.165) is 0 Å². The fourth-order valence-corrected chi connectivity index (χ4v) is 2.00. The Labute approximate surface area is 56.0 Å². The van der Waals surface area contributed by atoms with Gasteiger partial charge in [0.2, 0.25) is 0 Å². The first kappa shape index (κ1) is 7.30. The van der Waals surface area contributed by atoms with Crippen molar-refractivity contribution in [1.29, 1.82) is 0 Å². The highest BCUT2D eigenvalue weighted by Crippen LogP contribution is 2.39. The van der Waals surface area contributed by atoms with Gasteiger partial charge in [0.1, 0.15) is 0 Å². The van der Waals surface area contributed by atoms with Gasteiger partial charge in [0.25, 0.3) is 0 Å². The average molecular weight is 152 g/mol. The van der Waals surface area contributed by atoms with Crippen LogP contribution in [0.1, 0.15) is 0 Å². The molecule has 1 aliphatic heterocycles. The molecular formula is C4H12N2O2S. The highest BCUT2D eigenvalue weighted by molar-refractivity contribution is 8.24. The SMILES string of the molecule is NN1CCS(O)(O)CC1. The van der Waals surface area contributed by atoms with E-state index in [9.17, 15) is 0 Å². The molecule has 0 saturated carbocycles. The summed E-state index contributed by atoms with van der Waals surface area (Å²) >= 11 is 0. The lowest BCUT2D eigenvalue weighted by molar-refractivity contribution is 0.295. The first-order chi connectivity index (χ1) is 4.10. The zero-order chi connectivity index (χ0) is 6.91. The van der Waals surface area contributed by atoms with Crippen molar-refractivity contribution >= 4 is 10.6 Å². The molecule has 1 aliphatic rings. The van der Waals surface area contributed by atoms with Crippen molar-refractivity contribution in [3.8, 4) is 0 Å². The molecule has 0 radical (unpaired) electrons. The van der Waals surface area contributed by atoms with E-state index in [1.807, 2.05) is 0 Å². The maximum atomic E-state index is 9.05. The second-order valence-corrected chi connectivity index (χ2v) is 4.67. The van der Waals surface area contributed by atoms with Crippen LogP contribution in [0, 0.1) is 0 Å². The van der Waals surface area contributed by atoms with Gasteiger partial charge in [-0.15, -0.1) is 0 Å². The molecule has 0 aromatic rings.